The molecule has 1 aromatic heterocycles. The van der Waals surface area contributed by atoms with Gasteiger partial charge in [-0.2, -0.15) is 0 Å². The van der Waals surface area contributed by atoms with E-state index in [0.717, 1.165) is 12.8 Å². The predicted molar refractivity (Wildman–Crippen MR) is 77.2 cm³/mol. The number of hydrogen-bond acceptors (Lipinski definition) is 5. The maximum absolute atomic E-state index is 12.3. The van der Waals surface area contributed by atoms with E-state index in [0.29, 0.717) is 36.1 Å². The number of ether oxygens (including phenoxy) is 1. The van der Waals surface area contributed by atoms with Gasteiger partial charge >= 0.3 is 0 Å². The Morgan fingerprint density at radius 2 is 2.25 bits per heavy atom. The molecule has 0 unspecified atom stereocenters. The van der Waals surface area contributed by atoms with Crippen molar-refractivity contribution in [3.8, 4) is 0 Å². The van der Waals surface area contributed by atoms with E-state index in [1.807, 2.05) is 6.92 Å². The topological polar surface area (TPSA) is 81.6 Å². The molecule has 1 aliphatic heterocycles. The molecule has 2 rings (SSSR count). The number of piperidine rings is 1. The molecule has 2 N–H and O–H groups in total. The van der Waals surface area contributed by atoms with E-state index in [9.17, 15) is 4.79 Å². The number of carbonyl (C=O) groups excluding carboxylic acids is 1. The lowest BCUT2D eigenvalue weighted by atomic mass is 9.80. The smallest absolute Gasteiger partial charge is 0.276 e. The lowest BCUT2D eigenvalue weighted by Crippen LogP contribution is -2.46. The first-order valence-electron chi connectivity index (χ1n) is 6.50. The normalized spacial score (nSPS) is 18.0. The summed E-state index contributed by atoms with van der Waals surface area (Å²) in [5, 5.41) is 3.78. The number of hydrogen-bond donors (Lipinski definition) is 1. The number of nitrogens with two attached hydrogens (primary N) is 1. The molecule has 1 aliphatic rings. The average molecular weight is 297 g/mol. The van der Waals surface area contributed by atoms with Crippen molar-refractivity contribution in [1.82, 2.24) is 10.1 Å². The molecule has 110 valence electrons. The Kier molecular flexibility index (Phi) is 4.39. The average Bonchev–Trinajstić information content (AvgIpc) is 2.88. The second-order valence-corrected chi connectivity index (χ2v) is 5.77. The summed E-state index contributed by atoms with van der Waals surface area (Å²) >= 11 is 5.09. The highest BCUT2D eigenvalue weighted by atomic mass is 32.1. The molecule has 20 heavy (non-hydrogen) atoms. The van der Waals surface area contributed by atoms with E-state index in [1.54, 1.807) is 18.1 Å². The number of aromatic nitrogens is 1. The van der Waals surface area contributed by atoms with Crippen LogP contribution in [-0.2, 0) is 11.3 Å². The van der Waals surface area contributed by atoms with Gasteiger partial charge in [-0.15, -0.1) is 0 Å². The van der Waals surface area contributed by atoms with E-state index >= 15 is 0 Å². The molecule has 7 heteroatoms. The first kappa shape index (κ1) is 14.9. The summed E-state index contributed by atoms with van der Waals surface area (Å²) < 4.78 is 9.97. The summed E-state index contributed by atoms with van der Waals surface area (Å²) in [5.74, 6) is 0.418. The van der Waals surface area contributed by atoms with Crippen LogP contribution in [0.4, 0.5) is 0 Å². The van der Waals surface area contributed by atoms with Crippen LogP contribution in [0, 0.1) is 5.41 Å². The Morgan fingerprint density at radius 1 is 1.60 bits per heavy atom. The van der Waals surface area contributed by atoms with Crippen molar-refractivity contribution in [3.05, 3.63) is 17.5 Å². The van der Waals surface area contributed by atoms with Gasteiger partial charge in [-0.3, -0.25) is 4.79 Å². The second kappa shape index (κ2) is 5.88. The van der Waals surface area contributed by atoms with Crippen molar-refractivity contribution in [2.75, 3.05) is 20.2 Å². The molecule has 0 aliphatic carbocycles. The van der Waals surface area contributed by atoms with Crippen molar-refractivity contribution in [2.45, 2.75) is 26.4 Å². The number of amides is 1. The molecule has 0 aromatic carbocycles. The van der Waals surface area contributed by atoms with Crippen LogP contribution < -0.4 is 5.73 Å². The van der Waals surface area contributed by atoms with Gasteiger partial charge in [-0.05, 0) is 12.8 Å². The fourth-order valence-corrected chi connectivity index (χ4v) is 2.44. The van der Waals surface area contributed by atoms with Crippen LogP contribution in [0.2, 0.25) is 0 Å². The molecule has 2 heterocycles. The largest absolute Gasteiger partial charge is 0.393 e. The number of likely N-dealkylation sites (tertiary alicyclic amines) is 1. The molecule has 1 aromatic rings. The van der Waals surface area contributed by atoms with Crippen LogP contribution in [0.3, 0.4) is 0 Å². The molecular weight excluding hydrogens is 278 g/mol. The maximum Gasteiger partial charge on any atom is 0.276 e. The Bertz CT molecular complexity index is 507. The fourth-order valence-electron chi connectivity index (χ4n) is 2.24. The standard InChI is InChI=1S/C13H19N3O3S/c1-13(12(14)20)3-5-16(6-4-13)11(17)10-7-9(8-18-2)19-15-10/h7H,3-6,8H2,1-2H3,(H2,14,20). The van der Waals surface area contributed by atoms with E-state index < -0.39 is 0 Å². The molecule has 1 saturated heterocycles. The Balaban J connectivity index is 1.99. The van der Waals surface area contributed by atoms with Gasteiger partial charge in [0.1, 0.15) is 6.61 Å². The molecule has 1 amide bonds. The van der Waals surface area contributed by atoms with Gasteiger partial charge in [-0.25, -0.2) is 0 Å². The van der Waals surface area contributed by atoms with Gasteiger partial charge in [0.15, 0.2) is 11.5 Å². The summed E-state index contributed by atoms with van der Waals surface area (Å²) in [6, 6.07) is 1.62. The molecule has 0 spiro atoms. The molecule has 0 radical (unpaired) electrons. The molecule has 1 fully saturated rings. The third kappa shape index (κ3) is 2.99. The van der Waals surface area contributed by atoms with Crippen molar-refractivity contribution in [2.24, 2.45) is 11.1 Å². The number of thiocarbonyl (C=S) groups is 1. The summed E-state index contributed by atoms with van der Waals surface area (Å²) in [6.45, 7) is 3.60. The number of methoxy groups -OCH3 is 1. The van der Waals surface area contributed by atoms with Crippen LogP contribution in [0.25, 0.3) is 0 Å². The third-order valence-electron chi connectivity index (χ3n) is 3.81. The molecule has 0 saturated carbocycles. The van der Waals surface area contributed by atoms with E-state index in [2.05, 4.69) is 5.16 Å². The van der Waals surface area contributed by atoms with Crippen LogP contribution >= 0.6 is 12.2 Å². The highest BCUT2D eigenvalue weighted by molar-refractivity contribution is 7.80. The molecule has 6 nitrogen and oxygen atoms in total. The minimum atomic E-state index is -0.156. The predicted octanol–water partition coefficient (Wildman–Crippen LogP) is 1.35. The number of nitrogens with zero attached hydrogens (tertiary/aromatic N) is 2. The quantitative estimate of drug-likeness (QED) is 0.845. The zero-order valence-electron chi connectivity index (χ0n) is 11.7. The lowest BCUT2D eigenvalue weighted by Gasteiger charge is -2.38. The zero-order chi connectivity index (χ0) is 14.8. The van der Waals surface area contributed by atoms with E-state index in [1.165, 1.54) is 0 Å². The fraction of sp³-hybridized carbons (Fsp3) is 0.615. The van der Waals surface area contributed by atoms with Gasteiger partial charge in [0, 0.05) is 31.7 Å². The molecule has 0 bridgehead atoms. The Labute approximate surface area is 123 Å². The Hall–Kier alpha value is -1.47. The minimum Gasteiger partial charge on any atom is -0.393 e. The Morgan fingerprint density at radius 3 is 2.80 bits per heavy atom. The van der Waals surface area contributed by atoms with Gasteiger partial charge in [0.2, 0.25) is 0 Å². The van der Waals surface area contributed by atoms with Gasteiger partial charge in [0.25, 0.3) is 5.91 Å². The zero-order valence-corrected chi connectivity index (χ0v) is 12.5. The van der Waals surface area contributed by atoms with E-state index in [4.69, 9.17) is 27.2 Å². The molecule has 0 atom stereocenters. The van der Waals surface area contributed by atoms with E-state index in [-0.39, 0.29) is 11.3 Å². The SMILES string of the molecule is COCc1cc(C(=O)N2CCC(C)(C(N)=S)CC2)no1. The third-order valence-corrected chi connectivity index (χ3v) is 4.31. The lowest BCUT2D eigenvalue weighted by molar-refractivity contribution is 0.0659. The van der Waals surface area contributed by atoms with Crippen molar-refractivity contribution in [3.63, 3.8) is 0 Å². The second-order valence-electron chi connectivity index (χ2n) is 5.33. The highest BCUT2D eigenvalue weighted by Crippen LogP contribution is 2.31. The van der Waals surface area contributed by atoms with Crippen molar-refractivity contribution < 1.29 is 14.1 Å². The number of carbonyl (C=O) groups is 1. The van der Waals surface area contributed by atoms with Crippen LogP contribution in [0.15, 0.2) is 10.6 Å². The summed E-state index contributed by atoms with van der Waals surface area (Å²) in [4.78, 5) is 14.6. The summed E-state index contributed by atoms with van der Waals surface area (Å²) in [5.41, 5.74) is 5.92. The van der Waals surface area contributed by atoms with Crippen LogP contribution in [0.5, 0.6) is 0 Å². The summed E-state index contributed by atoms with van der Waals surface area (Å²) in [6.07, 6.45) is 1.55. The number of rotatable bonds is 4. The first-order chi connectivity index (χ1) is 9.46. The minimum absolute atomic E-state index is 0.124. The summed E-state index contributed by atoms with van der Waals surface area (Å²) in [7, 11) is 1.56. The van der Waals surface area contributed by atoms with Crippen molar-refractivity contribution in [1.29, 1.82) is 0 Å². The monoisotopic (exact) mass is 297 g/mol. The highest BCUT2D eigenvalue weighted by Gasteiger charge is 2.35. The van der Waals surface area contributed by atoms with Gasteiger partial charge in [0.05, 0.1) is 4.99 Å². The first-order valence-corrected chi connectivity index (χ1v) is 6.91. The van der Waals surface area contributed by atoms with Crippen LogP contribution in [-0.4, -0.2) is 41.2 Å². The van der Waals surface area contributed by atoms with Gasteiger partial charge < -0.3 is 19.9 Å². The maximum atomic E-state index is 12.3. The van der Waals surface area contributed by atoms with Crippen molar-refractivity contribution >= 4 is 23.1 Å². The molecular formula is C13H19N3O3S. The van der Waals surface area contributed by atoms with Gasteiger partial charge in [-0.1, -0.05) is 24.3 Å². The van der Waals surface area contributed by atoms with Crippen LogP contribution in [0.1, 0.15) is 36.0 Å².